The first-order valence-electron chi connectivity index (χ1n) is 4.30. The summed E-state index contributed by atoms with van der Waals surface area (Å²) in [6.07, 6.45) is -1.37. The molecule has 0 heterocycles. The van der Waals surface area contributed by atoms with Gasteiger partial charge >= 0.3 is 6.18 Å². The second-order valence-corrected chi connectivity index (χ2v) is 3.46. The average Bonchev–Trinajstić information content (AvgIpc) is 1.92. The Hall–Kier alpha value is -0.290. The maximum Gasteiger partial charge on any atom is 0.401 e. The molecule has 78 valence electrons. The van der Waals surface area contributed by atoms with Crippen molar-refractivity contribution in [2.75, 3.05) is 20.2 Å². The molecule has 1 N–H and O–H groups in total. The lowest BCUT2D eigenvalue weighted by Crippen LogP contribution is -2.49. The minimum Gasteiger partial charge on any atom is -0.377 e. The predicted molar refractivity (Wildman–Crippen MR) is 42.5 cm³/mol. The van der Waals surface area contributed by atoms with Gasteiger partial charge < -0.3 is 10.1 Å². The van der Waals surface area contributed by atoms with Crippen LogP contribution in [-0.2, 0) is 4.74 Å². The van der Waals surface area contributed by atoms with Crippen molar-refractivity contribution in [2.24, 2.45) is 0 Å². The van der Waals surface area contributed by atoms with E-state index >= 15 is 0 Å². The van der Waals surface area contributed by atoms with Crippen LogP contribution in [0.25, 0.3) is 0 Å². The highest BCUT2D eigenvalue weighted by molar-refractivity contribution is 4.91. The molecule has 0 spiro atoms. The van der Waals surface area contributed by atoms with Gasteiger partial charge in [0.05, 0.1) is 12.1 Å². The summed E-state index contributed by atoms with van der Waals surface area (Å²) < 4.78 is 40.4. The van der Waals surface area contributed by atoms with Crippen LogP contribution in [0.1, 0.15) is 19.3 Å². The summed E-state index contributed by atoms with van der Waals surface area (Å²) in [5.41, 5.74) is -0.328. The molecule has 2 nitrogen and oxygen atoms in total. The minimum atomic E-state index is -4.13. The summed E-state index contributed by atoms with van der Waals surface area (Å²) in [5.74, 6) is 0. The SMILES string of the molecule is COC1(CNCC(F)(F)F)CCC1. The first-order valence-corrected chi connectivity index (χ1v) is 4.30. The van der Waals surface area contributed by atoms with Crippen molar-refractivity contribution >= 4 is 0 Å². The van der Waals surface area contributed by atoms with Crippen molar-refractivity contribution in [3.05, 3.63) is 0 Å². The summed E-state index contributed by atoms with van der Waals surface area (Å²) in [7, 11) is 1.55. The van der Waals surface area contributed by atoms with Crippen molar-refractivity contribution in [1.82, 2.24) is 5.32 Å². The number of hydrogen-bond acceptors (Lipinski definition) is 2. The van der Waals surface area contributed by atoms with E-state index in [1.165, 1.54) is 0 Å². The Morgan fingerprint density at radius 1 is 1.38 bits per heavy atom. The molecule has 0 aromatic rings. The van der Waals surface area contributed by atoms with E-state index in [1.54, 1.807) is 7.11 Å². The van der Waals surface area contributed by atoms with E-state index in [-0.39, 0.29) is 5.60 Å². The summed E-state index contributed by atoms with van der Waals surface area (Å²) in [4.78, 5) is 0. The zero-order chi connectivity index (χ0) is 9.95. The smallest absolute Gasteiger partial charge is 0.377 e. The van der Waals surface area contributed by atoms with Crippen molar-refractivity contribution < 1.29 is 17.9 Å². The van der Waals surface area contributed by atoms with Crippen LogP contribution in [0.3, 0.4) is 0 Å². The van der Waals surface area contributed by atoms with Gasteiger partial charge in [-0.05, 0) is 19.3 Å². The van der Waals surface area contributed by atoms with Crippen LogP contribution < -0.4 is 5.32 Å². The number of halogens is 3. The molecule has 0 bridgehead atoms. The quantitative estimate of drug-likeness (QED) is 0.740. The molecule has 0 radical (unpaired) electrons. The molecule has 0 atom stereocenters. The van der Waals surface area contributed by atoms with Crippen molar-refractivity contribution in [3.63, 3.8) is 0 Å². The summed E-state index contributed by atoms with van der Waals surface area (Å²) >= 11 is 0. The lowest BCUT2D eigenvalue weighted by Gasteiger charge is -2.40. The zero-order valence-corrected chi connectivity index (χ0v) is 7.58. The minimum absolute atomic E-state index is 0.295. The van der Waals surface area contributed by atoms with Crippen molar-refractivity contribution in [3.8, 4) is 0 Å². The number of ether oxygens (including phenoxy) is 1. The Morgan fingerprint density at radius 3 is 2.31 bits per heavy atom. The molecule has 5 heteroatoms. The third kappa shape index (κ3) is 3.15. The molecule has 0 unspecified atom stereocenters. The molecular weight excluding hydrogens is 183 g/mol. The van der Waals surface area contributed by atoms with Crippen LogP contribution in [0.2, 0.25) is 0 Å². The molecule has 0 amide bonds. The van der Waals surface area contributed by atoms with E-state index in [0.717, 1.165) is 19.3 Å². The molecule has 0 aliphatic heterocycles. The second kappa shape index (κ2) is 3.84. The fraction of sp³-hybridized carbons (Fsp3) is 1.00. The number of methoxy groups -OCH3 is 1. The van der Waals surface area contributed by atoms with Crippen LogP contribution in [-0.4, -0.2) is 32.0 Å². The molecule has 1 fully saturated rings. The third-order valence-electron chi connectivity index (χ3n) is 2.47. The number of rotatable bonds is 4. The van der Waals surface area contributed by atoms with Crippen LogP contribution in [0.15, 0.2) is 0 Å². The number of nitrogens with one attached hydrogen (secondary N) is 1. The van der Waals surface area contributed by atoms with E-state index in [0.29, 0.717) is 6.54 Å². The standard InChI is InChI=1S/C8H14F3NO/c1-13-7(3-2-4-7)5-12-6-8(9,10)11/h12H,2-6H2,1H3. The predicted octanol–water partition coefficient (Wildman–Crippen LogP) is 1.71. The third-order valence-corrected chi connectivity index (χ3v) is 2.47. The van der Waals surface area contributed by atoms with Gasteiger partial charge in [-0.1, -0.05) is 0 Å². The van der Waals surface area contributed by atoms with Gasteiger partial charge in [0.25, 0.3) is 0 Å². The molecule has 1 rings (SSSR count). The van der Waals surface area contributed by atoms with Gasteiger partial charge in [0, 0.05) is 13.7 Å². The van der Waals surface area contributed by atoms with Crippen molar-refractivity contribution in [2.45, 2.75) is 31.0 Å². The van der Waals surface area contributed by atoms with E-state index in [1.807, 2.05) is 0 Å². The maximum atomic E-state index is 11.8. The largest absolute Gasteiger partial charge is 0.401 e. The summed E-state index contributed by atoms with van der Waals surface area (Å²) in [6.45, 7) is -0.638. The van der Waals surface area contributed by atoms with Gasteiger partial charge in [-0.3, -0.25) is 0 Å². The highest BCUT2D eigenvalue weighted by Gasteiger charge is 2.37. The van der Waals surface area contributed by atoms with Crippen LogP contribution in [0.5, 0.6) is 0 Å². The summed E-state index contributed by atoms with van der Waals surface area (Å²) in [6, 6.07) is 0. The fourth-order valence-electron chi connectivity index (χ4n) is 1.46. The zero-order valence-electron chi connectivity index (χ0n) is 7.58. The van der Waals surface area contributed by atoms with Crippen molar-refractivity contribution in [1.29, 1.82) is 0 Å². The van der Waals surface area contributed by atoms with Gasteiger partial charge in [-0.25, -0.2) is 0 Å². The molecule has 13 heavy (non-hydrogen) atoms. The summed E-state index contributed by atoms with van der Waals surface area (Å²) in [5, 5.41) is 2.37. The molecule has 0 aromatic heterocycles. The highest BCUT2D eigenvalue weighted by Crippen LogP contribution is 2.34. The van der Waals surface area contributed by atoms with E-state index in [4.69, 9.17) is 4.74 Å². The van der Waals surface area contributed by atoms with E-state index in [9.17, 15) is 13.2 Å². The van der Waals surface area contributed by atoms with E-state index in [2.05, 4.69) is 5.32 Å². The first-order chi connectivity index (χ1) is 5.97. The number of alkyl halides is 3. The van der Waals surface area contributed by atoms with Crippen LogP contribution in [0.4, 0.5) is 13.2 Å². The first kappa shape index (κ1) is 10.8. The van der Waals surface area contributed by atoms with Gasteiger partial charge in [-0.15, -0.1) is 0 Å². The molecule has 0 saturated heterocycles. The average molecular weight is 197 g/mol. The molecule has 0 aromatic carbocycles. The van der Waals surface area contributed by atoms with Crippen LogP contribution >= 0.6 is 0 Å². The molecule has 1 saturated carbocycles. The normalized spacial score (nSPS) is 21.2. The van der Waals surface area contributed by atoms with Crippen LogP contribution in [0, 0.1) is 0 Å². The second-order valence-electron chi connectivity index (χ2n) is 3.46. The van der Waals surface area contributed by atoms with E-state index < -0.39 is 12.7 Å². The maximum absolute atomic E-state index is 11.8. The van der Waals surface area contributed by atoms with Gasteiger partial charge in [0.2, 0.25) is 0 Å². The Kier molecular flexibility index (Phi) is 3.18. The monoisotopic (exact) mass is 197 g/mol. The number of hydrogen-bond donors (Lipinski definition) is 1. The van der Waals surface area contributed by atoms with Gasteiger partial charge in [0.15, 0.2) is 0 Å². The topological polar surface area (TPSA) is 21.3 Å². The molecule has 1 aliphatic rings. The Morgan fingerprint density at radius 2 is 2.00 bits per heavy atom. The highest BCUT2D eigenvalue weighted by atomic mass is 19.4. The lowest BCUT2D eigenvalue weighted by molar-refractivity contribution is -0.131. The lowest BCUT2D eigenvalue weighted by atomic mass is 9.80. The van der Waals surface area contributed by atoms with Gasteiger partial charge in [-0.2, -0.15) is 13.2 Å². The fourth-order valence-corrected chi connectivity index (χ4v) is 1.46. The molecular formula is C8H14F3NO. The van der Waals surface area contributed by atoms with Gasteiger partial charge in [0.1, 0.15) is 0 Å². The Bertz CT molecular complexity index is 160. The Labute approximate surface area is 75.4 Å². The molecule has 1 aliphatic carbocycles. The Balaban J connectivity index is 2.18.